The molecule has 0 unspecified atom stereocenters. The summed E-state index contributed by atoms with van der Waals surface area (Å²) in [5.74, 6) is 0. The minimum atomic E-state index is -2.54. The van der Waals surface area contributed by atoms with E-state index in [1.807, 2.05) is 24.3 Å². The molecule has 0 aliphatic carbocycles. The van der Waals surface area contributed by atoms with Crippen LogP contribution in [0, 0.1) is 9.85 Å². The summed E-state index contributed by atoms with van der Waals surface area (Å²) >= 11 is 3.35. The van der Waals surface area contributed by atoms with E-state index in [9.17, 15) is 13.6 Å². The minimum absolute atomic E-state index is 0.225. The van der Waals surface area contributed by atoms with Gasteiger partial charge in [0.05, 0.1) is 0 Å². The van der Waals surface area contributed by atoms with Gasteiger partial charge in [-0.2, -0.15) is 8.42 Å². The van der Waals surface area contributed by atoms with E-state index in [1.165, 1.54) is 12.3 Å². The lowest BCUT2D eigenvalue weighted by Crippen LogP contribution is -1.99. The Bertz CT molecular complexity index is 742. The van der Waals surface area contributed by atoms with Crippen LogP contribution in [0.25, 0.3) is 0 Å². The number of halogens is 1. The summed E-state index contributed by atoms with van der Waals surface area (Å²) in [6.07, 6.45) is 1.57. The van der Waals surface area contributed by atoms with Gasteiger partial charge in [0.25, 0.3) is 0 Å². The van der Waals surface area contributed by atoms with Gasteiger partial charge in [-0.25, -0.2) is 0 Å². The molecule has 0 radical (unpaired) electrons. The van der Waals surface area contributed by atoms with Gasteiger partial charge in [0.2, 0.25) is 10.3 Å². The van der Waals surface area contributed by atoms with Crippen molar-refractivity contribution in [3.05, 3.63) is 68.0 Å². The van der Waals surface area contributed by atoms with Crippen LogP contribution >= 0.6 is 15.9 Å². The third-order valence-electron chi connectivity index (χ3n) is 2.44. The number of hydrogen-bond acceptors (Lipinski definition) is 3. The minimum Gasteiger partial charge on any atom is -0.805 e. The monoisotopic (exact) mass is 326 g/mol. The average molecular weight is 327 g/mol. The molecule has 0 spiro atoms. The molecule has 94 valence electrons. The second-order valence-electron chi connectivity index (χ2n) is 3.71. The lowest BCUT2D eigenvalue weighted by atomic mass is 10.1. The predicted octanol–water partition coefficient (Wildman–Crippen LogP) is 2.60. The highest BCUT2D eigenvalue weighted by atomic mass is 79.9. The van der Waals surface area contributed by atoms with Crippen LogP contribution in [0.3, 0.4) is 0 Å². The zero-order chi connectivity index (χ0) is 13.1. The van der Waals surface area contributed by atoms with Crippen molar-refractivity contribution in [3.63, 3.8) is 0 Å². The molecule has 1 aromatic carbocycles. The van der Waals surface area contributed by atoms with Crippen molar-refractivity contribution in [1.29, 1.82) is 0 Å². The second-order valence-corrected chi connectivity index (χ2v) is 5.48. The van der Waals surface area contributed by atoms with Gasteiger partial charge in [-0.15, -0.1) is 0 Å². The van der Waals surface area contributed by atoms with Gasteiger partial charge in [-0.1, -0.05) is 34.1 Å². The van der Waals surface area contributed by atoms with Crippen LogP contribution in [-0.4, -0.2) is 13.1 Å². The zero-order valence-corrected chi connectivity index (χ0v) is 11.6. The molecule has 18 heavy (non-hydrogen) atoms. The first-order valence-electron chi connectivity index (χ1n) is 5.12. The molecule has 0 bridgehead atoms. The molecule has 6 heteroatoms. The molecule has 2 aromatic rings. The molecular weight excluding hydrogens is 318 g/mol. The predicted molar refractivity (Wildman–Crippen MR) is 72.3 cm³/mol. The molecule has 0 saturated heterocycles. The van der Waals surface area contributed by atoms with E-state index in [1.54, 1.807) is 6.07 Å². The summed E-state index contributed by atoms with van der Waals surface area (Å²) in [6, 6.07) is 10.7. The van der Waals surface area contributed by atoms with Gasteiger partial charge >= 0.3 is 0 Å². The van der Waals surface area contributed by atoms with Crippen molar-refractivity contribution in [2.24, 2.45) is 0 Å². The van der Waals surface area contributed by atoms with Gasteiger partial charge in [0.15, 0.2) is 4.64 Å². The maximum absolute atomic E-state index is 11.5. The maximum Gasteiger partial charge on any atom is 0.238 e. The van der Waals surface area contributed by atoms with Crippen LogP contribution < -0.4 is 0 Å². The SMILES string of the molecule is O=S(=O)=c1c(Cc2cccc(Br)c2)cccn1[O-]. The van der Waals surface area contributed by atoms with Gasteiger partial charge < -0.3 is 9.94 Å². The quantitative estimate of drug-likeness (QED) is 0.797. The summed E-state index contributed by atoms with van der Waals surface area (Å²) in [5, 5.41) is 11.5. The van der Waals surface area contributed by atoms with Crippen molar-refractivity contribution in [2.45, 2.75) is 6.42 Å². The van der Waals surface area contributed by atoms with Crippen LogP contribution in [0.4, 0.5) is 0 Å². The fraction of sp³-hybridized carbons (Fsp3) is 0.0833. The average Bonchev–Trinajstić information content (AvgIpc) is 2.28. The molecule has 1 heterocycles. The summed E-state index contributed by atoms with van der Waals surface area (Å²) < 4.78 is 23.2. The van der Waals surface area contributed by atoms with Crippen molar-refractivity contribution in [1.82, 2.24) is 4.73 Å². The molecule has 0 amide bonds. The van der Waals surface area contributed by atoms with E-state index in [4.69, 9.17) is 0 Å². The van der Waals surface area contributed by atoms with Crippen LogP contribution in [-0.2, 0) is 16.7 Å². The number of hydrogen-bond donors (Lipinski definition) is 0. The molecule has 0 aliphatic heterocycles. The van der Waals surface area contributed by atoms with Crippen molar-refractivity contribution >= 4 is 26.2 Å². The molecule has 0 N–H and O–H groups in total. The Labute approximate surface area is 114 Å². The first-order chi connectivity index (χ1) is 8.58. The Morgan fingerprint density at radius 1 is 1.22 bits per heavy atom. The number of aromatic nitrogens is 1. The molecule has 1 aromatic heterocycles. The highest BCUT2D eigenvalue weighted by Crippen LogP contribution is 2.15. The van der Waals surface area contributed by atoms with Crippen LogP contribution in [0.15, 0.2) is 47.1 Å². The lowest BCUT2D eigenvalue weighted by molar-refractivity contribution is 0.623. The molecule has 2 rings (SSSR count). The Morgan fingerprint density at radius 2 is 2.00 bits per heavy atom. The van der Waals surface area contributed by atoms with Crippen LogP contribution in [0.5, 0.6) is 0 Å². The van der Waals surface area contributed by atoms with E-state index >= 15 is 0 Å². The number of rotatable bonds is 2. The van der Waals surface area contributed by atoms with Gasteiger partial charge in [-0.3, -0.25) is 0 Å². The van der Waals surface area contributed by atoms with E-state index in [0.29, 0.717) is 16.7 Å². The van der Waals surface area contributed by atoms with Crippen molar-refractivity contribution in [3.8, 4) is 0 Å². The highest BCUT2D eigenvalue weighted by molar-refractivity contribution is 9.10. The smallest absolute Gasteiger partial charge is 0.238 e. The van der Waals surface area contributed by atoms with E-state index in [-0.39, 0.29) is 4.64 Å². The molecule has 0 atom stereocenters. The Kier molecular flexibility index (Phi) is 3.88. The standard InChI is InChI=1S/C12H9BrNO3S/c13-11-5-1-3-9(8-11)7-10-4-2-6-14(15)12(10)18(16)17/h1-6,8H,7H2/q-1. The third kappa shape index (κ3) is 2.83. The molecule has 0 fully saturated rings. The summed E-state index contributed by atoms with van der Waals surface area (Å²) in [6.45, 7) is 0. The summed E-state index contributed by atoms with van der Waals surface area (Å²) in [5.41, 5.74) is 1.42. The third-order valence-corrected chi connectivity index (χ3v) is 3.69. The summed E-state index contributed by atoms with van der Waals surface area (Å²) in [7, 11) is -2.54. The van der Waals surface area contributed by atoms with Gasteiger partial charge in [0.1, 0.15) is 0 Å². The molecule has 4 nitrogen and oxygen atoms in total. The largest absolute Gasteiger partial charge is 0.805 e. The zero-order valence-electron chi connectivity index (χ0n) is 9.21. The molecule has 0 aliphatic rings. The Morgan fingerprint density at radius 3 is 2.67 bits per heavy atom. The van der Waals surface area contributed by atoms with Crippen molar-refractivity contribution < 1.29 is 8.42 Å². The second kappa shape index (κ2) is 5.41. The number of benzene rings is 1. The molecular formula is C12H9BrNO3S-. The van der Waals surface area contributed by atoms with Gasteiger partial charge in [0, 0.05) is 10.9 Å². The lowest BCUT2D eigenvalue weighted by Gasteiger charge is -2.12. The Hall–Kier alpha value is -1.53. The first kappa shape index (κ1) is 12.9. The van der Waals surface area contributed by atoms with Crippen molar-refractivity contribution in [2.75, 3.05) is 0 Å². The van der Waals surface area contributed by atoms with Crippen LogP contribution in [0.2, 0.25) is 0 Å². The van der Waals surface area contributed by atoms with E-state index in [0.717, 1.165) is 10.0 Å². The number of pyridine rings is 1. The first-order valence-corrected chi connectivity index (χ1v) is 6.99. The fourth-order valence-electron chi connectivity index (χ4n) is 1.70. The normalized spacial score (nSPS) is 10.3. The number of nitrogens with zero attached hydrogens (tertiary/aromatic N) is 1. The Balaban J connectivity index is 2.55. The van der Waals surface area contributed by atoms with E-state index < -0.39 is 10.3 Å². The van der Waals surface area contributed by atoms with Crippen LogP contribution in [0.1, 0.15) is 11.1 Å². The van der Waals surface area contributed by atoms with Gasteiger partial charge in [-0.05, 0) is 35.5 Å². The maximum atomic E-state index is 11.5. The highest BCUT2D eigenvalue weighted by Gasteiger charge is 2.01. The fourth-order valence-corrected chi connectivity index (χ4v) is 2.71. The molecule has 0 saturated carbocycles. The summed E-state index contributed by atoms with van der Waals surface area (Å²) in [4.78, 5) is 0. The topological polar surface area (TPSA) is 62.1 Å². The van der Waals surface area contributed by atoms with E-state index in [2.05, 4.69) is 15.9 Å².